The Balaban J connectivity index is 0.000000466. The van der Waals surface area contributed by atoms with Crippen molar-refractivity contribution in [1.82, 2.24) is 0 Å². The van der Waals surface area contributed by atoms with E-state index in [2.05, 4.69) is 27.7 Å². The first kappa shape index (κ1) is 29.3. The van der Waals surface area contributed by atoms with Crippen LogP contribution >= 0.6 is 0 Å². The number of hydrogen-bond acceptors (Lipinski definition) is 4. The first-order valence-corrected chi connectivity index (χ1v) is 10.9. The maximum Gasteiger partial charge on any atom is 0.335 e. The SMILES string of the molecule is CC(C)C(CCO)C(CCO)C(C)C.O=C(O)c1ccccc1.O=C(O)c1ccccc1. The Morgan fingerprint density at radius 2 is 0.906 bits per heavy atom. The Morgan fingerprint density at radius 3 is 1.06 bits per heavy atom. The predicted octanol–water partition coefficient (Wildman–Crippen LogP) is 5.07. The summed E-state index contributed by atoms with van der Waals surface area (Å²) < 4.78 is 0. The fourth-order valence-corrected chi connectivity index (χ4v) is 3.54. The molecule has 2 atom stereocenters. The summed E-state index contributed by atoms with van der Waals surface area (Å²) in [6.07, 6.45) is 1.72. The van der Waals surface area contributed by atoms with Crippen molar-refractivity contribution in [2.24, 2.45) is 23.7 Å². The van der Waals surface area contributed by atoms with Crippen LogP contribution < -0.4 is 0 Å². The van der Waals surface area contributed by atoms with Crippen LogP contribution in [0.2, 0.25) is 0 Å². The maximum absolute atomic E-state index is 10.2. The van der Waals surface area contributed by atoms with Crippen LogP contribution in [0.4, 0.5) is 0 Å². The number of carboxylic acids is 2. The second-order valence-corrected chi connectivity index (χ2v) is 8.18. The van der Waals surface area contributed by atoms with Crippen LogP contribution in [-0.4, -0.2) is 45.6 Å². The maximum atomic E-state index is 10.2. The normalized spacial score (nSPS) is 12.1. The van der Waals surface area contributed by atoms with E-state index in [1.54, 1.807) is 60.7 Å². The number of aromatic carboxylic acids is 2. The van der Waals surface area contributed by atoms with Gasteiger partial charge in [0.2, 0.25) is 0 Å². The summed E-state index contributed by atoms with van der Waals surface area (Å²) in [5.41, 5.74) is 0.662. The van der Waals surface area contributed by atoms with Gasteiger partial charge in [-0.2, -0.15) is 0 Å². The van der Waals surface area contributed by atoms with Gasteiger partial charge < -0.3 is 20.4 Å². The molecule has 0 aliphatic rings. The summed E-state index contributed by atoms with van der Waals surface area (Å²) in [6.45, 7) is 9.33. The summed E-state index contributed by atoms with van der Waals surface area (Å²) in [7, 11) is 0. The highest BCUT2D eigenvalue weighted by atomic mass is 16.4. The highest BCUT2D eigenvalue weighted by molar-refractivity contribution is 5.87. The third kappa shape index (κ3) is 12.2. The van der Waals surface area contributed by atoms with Gasteiger partial charge in [0.05, 0.1) is 11.1 Å². The van der Waals surface area contributed by atoms with Gasteiger partial charge >= 0.3 is 11.9 Å². The molecule has 2 aromatic rings. The standard InChI is InChI=1S/C12H26O2.2C7H6O2/c1-9(2)11(5-7-13)12(6-8-14)10(3)4;2*8-7(9)6-4-2-1-3-5-6/h9-14H,5-8H2,1-4H3;2*1-5H,(H,8,9). The summed E-state index contributed by atoms with van der Waals surface area (Å²) in [6, 6.07) is 16.6. The minimum atomic E-state index is -0.879. The lowest BCUT2D eigenvalue weighted by Crippen LogP contribution is -2.26. The summed E-state index contributed by atoms with van der Waals surface area (Å²) >= 11 is 0. The van der Waals surface area contributed by atoms with Crippen molar-refractivity contribution < 1.29 is 30.0 Å². The minimum absolute atomic E-state index is 0.261. The molecule has 0 saturated carbocycles. The Bertz CT molecular complexity index is 678. The number of benzene rings is 2. The molecular weight excluding hydrogens is 408 g/mol. The largest absolute Gasteiger partial charge is 0.478 e. The van der Waals surface area contributed by atoms with Crippen molar-refractivity contribution in [3.63, 3.8) is 0 Å². The van der Waals surface area contributed by atoms with Crippen LogP contribution in [0, 0.1) is 23.7 Å². The Hall–Kier alpha value is -2.70. The fourth-order valence-electron chi connectivity index (χ4n) is 3.54. The number of aliphatic hydroxyl groups is 2. The minimum Gasteiger partial charge on any atom is -0.478 e. The van der Waals surface area contributed by atoms with Gasteiger partial charge in [-0.3, -0.25) is 0 Å². The van der Waals surface area contributed by atoms with Crippen LogP contribution in [0.25, 0.3) is 0 Å². The Kier molecular flexibility index (Phi) is 15.5. The number of rotatable bonds is 9. The predicted molar refractivity (Wildman–Crippen MR) is 127 cm³/mol. The molecule has 0 amide bonds. The molecule has 2 unspecified atom stereocenters. The molecule has 0 radical (unpaired) electrons. The zero-order valence-electron chi connectivity index (χ0n) is 19.5. The quantitative estimate of drug-likeness (QED) is 0.428. The van der Waals surface area contributed by atoms with Crippen molar-refractivity contribution in [1.29, 1.82) is 0 Å². The van der Waals surface area contributed by atoms with E-state index in [1.165, 1.54) is 0 Å². The molecule has 6 heteroatoms. The van der Waals surface area contributed by atoms with Gasteiger partial charge in [-0.1, -0.05) is 64.1 Å². The van der Waals surface area contributed by atoms with E-state index < -0.39 is 11.9 Å². The lowest BCUT2D eigenvalue weighted by molar-refractivity contribution is 0.0686. The zero-order valence-corrected chi connectivity index (χ0v) is 19.5. The topological polar surface area (TPSA) is 115 Å². The molecule has 178 valence electrons. The molecule has 2 aromatic carbocycles. The van der Waals surface area contributed by atoms with Crippen LogP contribution in [0.15, 0.2) is 60.7 Å². The van der Waals surface area contributed by atoms with Crippen molar-refractivity contribution in [3.05, 3.63) is 71.8 Å². The van der Waals surface area contributed by atoms with Gasteiger partial charge in [0.15, 0.2) is 0 Å². The molecule has 2 rings (SSSR count). The third-order valence-electron chi connectivity index (χ3n) is 5.23. The molecular formula is C26H38O6. The molecule has 32 heavy (non-hydrogen) atoms. The van der Waals surface area contributed by atoms with E-state index in [-0.39, 0.29) is 13.2 Å². The molecule has 0 aliphatic carbocycles. The van der Waals surface area contributed by atoms with Gasteiger partial charge in [0.25, 0.3) is 0 Å². The van der Waals surface area contributed by atoms with Gasteiger partial charge in [0.1, 0.15) is 0 Å². The molecule has 0 aliphatic heterocycles. The molecule has 6 nitrogen and oxygen atoms in total. The smallest absolute Gasteiger partial charge is 0.335 e. The van der Waals surface area contributed by atoms with Crippen LogP contribution in [0.1, 0.15) is 61.3 Å². The van der Waals surface area contributed by atoms with E-state index in [0.717, 1.165) is 12.8 Å². The van der Waals surface area contributed by atoms with Gasteiger partial charge in [-0.05, 0) is 60.8 Å². The van der Waals surface area contributed by atoms with Crippen molar-refractivity contribution in [2.45, 2.75) is 40.5 Å². The van der Waals surface area contributed by atoms with E-state index >= 15 is 0 Å². The van der Waals surface area contributed by atoms with Crippen molar-refractivity contribution in [2.75, 3.05) is 13.2 Å². The highest BCUT2D eigenvalue weighted by Crippen LogP contribution is 2.32. The summed E-state index contributed by atoms with van der Waals surface area (Å²) in [5.74, 6) is 0.479. The molecule has 0 bridgehead atoms. The van der Waals surface area contributed by atoms with Crippen LogP contribution in [0.3, 0.4) is 0 Å². The zero-order chi connectivity index (χ0) is 24.5. The van der Waals surface area contributed by atoms with E-state index in [0.29, 0.717) is 34.8 Å². The lowest BCUT2D eigenvalue weighted by atomic mass is 9.74. The monoisotopic (exact) mass is 446 g/mol. The van der Waals surface area contributed by atoms with E-state index in [9.17, 15) is 9.59 Å². The van der Waals surface area contributed by atoms with Crippen molar-refractivity contribution >= 4 is 11.9 Å². The Morgan fingerprint density at radius 1 is 0.625 bits per heavy atom. The fraction of sp³-hybridized carbons (Fsp3) is 0.462. The van der Waals surface area contributed by atoms with E-state index in [4.69, 9.17) is 20.4 Å². The second-order valence-electron chi connectivity index (χ2n) is 8.18. The molecule has 0 heterocycles. The van der Waals surface area contributed by atoms with Crippen molar-refractivity contribution in [3.8, 4) is 0 Å². The van der Waals surface area contributed by atoms with Gasteiger partial charge in [-0.15, -0.1) is 0 Å². The Labute approximate surface area is 191 Å². The number of aliphatic hydroxyl groups excluding tert-OH is 2. The van der Waals surface area contributed by atoms with Crippen LogP contribution in [0.5, 0.6) is 0 Å². The third-order valence-corrected chi connectivity index (χ3v) is 5.23. The van der Waals surface area contributed by atoms with Gasteiger partial charge in [0, 0.05) is 13.2 Å². The van der Waals surface area contributed by atoms with Crippen LogP contribution in [-0.2, 0) is 0 Å². The average Bonchev–Trinajstić information content (AvgIpc) is 2.78. The number of hydrogen-bond donors (Lipinski definition) is 4. The first-order valence-electron chi connectivity index (χ1n) is 10.9. The number of carbonyl (C=O) groups is 2. The second kappa shape index (κ2) is 16.9. The molecule has 0 spiro atoms. The highest BCUT2D eigenvalue weighted by Gasteiger charge is 2.25. The lowest BCUT2D eigenvalue weighted by Gasteiger charge is -2.32. The molecule has 0 fully saturated rings. The van der Waals surface area contributed by atoms with Gasteiger partial charge in [-0.25, -0.2) is 9.59 Å². The molecule has 0 aromatic heterocycles. The first-order chi connectivity index (χ1) is 15.1. The summed E-state index contributed by atoms with van der Waals surface area (Å²) in [4.78, 5) is 20.4. The average molecular weight is 447 g/mol. The number of carboxylic acid groups (broad SMARTS) is 2. The molecule has 4 N–H and O–H groups in total. The molecule has 0 saturated heterocycles. The summed E-state index contributed by atoms with van der Waals surface area (Å²) in [5, 5.41) is 34.8. The van der Waals surface area contributed by atoms with E-state index in [1.807, 2.05) is 0 Å².